The normalized spacial score (nSPS) is 11.1. The predicted octanol–water partition coefficient (Wildman–Crippen LogP) is 6.77. The van der Waals surface area contributed by atoms with E-state index >= 15 is 0 Å². The lowest BCUT2D eigenvalue weighted by atomic mass is 10.0. The number of rotatable bonds is 8. The molecule has 1 aromatic carbocycles. The molecule has 0 saturated heterocycles. The van der Waals surface area contributed by atoms with Crippen LogP contribution >= 0.6 is 22.7 Å². The SMILES string of the molecule is CCOC(=O)c1cc(-c2cccc3cc(C(=O)OCC)sc23)nc(-c2nccc3cc(C(=O)OCC)sc23)c1. The van der Waals surface area contributed by atoms with Crippen molar-refractivity contribution in [3.8, 4) is 22.6 Å². The van der Waals surface area contributed by atoms with E-state index in [4.69, 9.17) is 19.2 Å². The molecule has 0 saturated carbocycles. The van der Waals surface area contributed by atoms with E-state index in [0.29, 0.717) is 32.4 Å². The lowest BCUT2D eigenvalue weighted by molar-refractivity contribution is 0.0518. The van der Waals surface area contributed by atoms with Crippen molar-refractivity contribution < 1.29 is 28.6 Å². The molecule has 0 aliphatic heterocycles. The molecule has 10 heteroatoms. The zero-order valence-electron chi connectivity index (χ0n) is 21.5. The van der Waals surface area contributed by atoms with E-state index in [2.05, 4.69) is 4.98 Å². The third-order valence-corrected chi connectivity index (χ3v) is 8.09. The fraction of sp³-hybridized carbons (Fsp3) is 0.207. The second-order valence-corrected chi connectivity index (χ2v) is 10.4. The van der Waals surface area contributed by atoms with Crippen LogP contribution in [-0.2, 0) is 14.2 Å². The molecule has 0 amide bonds. The second-order valence-electron chi connectivity index (χ2n) is 8.31. The second kappa shape index (κ2) is 11.3. The Morgan fingerprint density at radius 2 is 1.31 bits per heavy atom. The van der Waals surface area contributed by atoms with Crippen molar-refractivity contribution in [3.63, 3.8) is 0 Å². The van der Waals surface area contributed by atoms with Crippen LogP contribution in [-0.4, -0.2) is 47.7 Å². The Kier molecular flexibility index (Phi) is 7.67. The number of carbonyl (C=O) groups is 3. The zero-order valence-corrected chi connectivity index (χ0v) is 23.1. The van der Waals surface area contributed by atoms with Crippen molar-refractivity contribution in [2.24, 2.45) is 0 Å². The predicted molar refractivity (Wildman–Crippen MR) is 152 cm³/mol. The highest BCUT2D eigenvalue weighted by Gasteiger charge is 2.21. The highest BCUT2D eigenvalue weighted by Crippen LogP contribution is 2.38. The minimum Gasteiger partial charge on any atom is -0.462 e. The number of esters is 3. The number of aromatic nitrogens is 2. The largest absolute Gasteiger partial charge is 0.462 e. The Labute approximate surface area is 232 Å². The fourth-order valence-corrected chi connectivity index (χ4v) is 6.26. The first-order valence-electron chi connectivity index (χ1n) is 12.4. The van der Waals surface area contributed by atoms with Gasteiger partial charge in [0.15, 0.2) is 0 Å². The summed E-state index contributed by atoms with van der Waals surface area (Å²) in [6.07, 6.45) is 1.64. The molecule has 0 unspecified atom stereocenters. The van der Waals surface area contributed by atoms with E-state index in [1.165, 1.54) is 22.7 Å². The summed E-state index contributed by atoms with van der Waals surface area (Å²) >= 11 is 2.58. The summed E-state index contributed by atoms with van der Waals surface area (Å²) in [5.41, 5.74) is 2.59. The fourth-order valence-electron chi connectivity index (χ4n) is 4.14. The Bertz CT molecular complexity index is 1610. The van der Waals surface area contributed by atoms with E-state index in [1.54, 1.807) is 51.2 Å². The molecule has 8 nitrogen and oxygen atoms in total. The first-order valence-corrected chi connectivity index (χ1v) is 14.0. The molecule has 4 aromatic heterocycles. The van der Waals surface area contributed by atoms with Gasteiger partial charge >= 0.3 is 17.9 Å². The van der Waals surface area contributed by atoms with Crippen LogP contribution in [0.3, 0.4) is 0 Å². The van der Waals surface area contributed by atoms with Crippen LogP contribution in [0.1, 0.15) is 50.5 Å². The lowest BCUT2D eigenvalue weighted by Gasteiger charge is -2.10. The minimum atomic E-state index is -0.487. The lowest BCUT2D eigenvalue weighted by Crippen LogP contribution is -2.06. The summed E-state index contributed by atoms with van der Waals surface area (Å²) < 4.78 is 17.3. The smallest absolute Gasteiger partial charge is 0.348 e. The summed E-state index contributed by atoms with van der Waals surface area (Å²) in [5, 5.41) is 1.68. The molecule has 39 heavy (non-hydrogen) atoms. The standard InChI is InChI=1S/C29H24N2O6S2/c1-4-35-27(32)18-12-20(19-9-7-8-16-14-22(38-25(16)19)28(33)36-5-2)31-21(13-18)24-26-17(10-11-30-24)15-23(39-26)29(34)37-6-3/h7-15H,4-6H2,1-3H3. The van der Waals surface area contributed by atoms with E-state index in [9.17, 15) is 14.4 Å². The molecule has 0 aliphatic carbocycles. The first kappa shape index (κ1) is 26.5. The van der Waals surface area contributed by atoms with E-state index in [1.807, 2.05) is 24.3 Å². The quantitative estimate of drug-likeness (QED) is 0.151. The number of ether oxygens (including phenoxy) is 3. The van der Waals surface area contributed by atoms with Gasteiger partial charge in [0.2, 0.25) is 0 Å². The van der Waals surface area contributed by atoms with Gasteiger partial charge in [-0.05, 0) is 61.9 Å². The van der Waals surface area contributed by atoms with Gasteiger partial charge in [-0.15, -0.1) is 22.7 Å². The topological polar surface area (TPSA) is 105 Å². The Balaban J connectivity index is 1.69. The van der Waals surface area contributed by atoms with Crippen LogP contribution in [0.2, 0.25) is 0 Å². The van der Waals surface area contributed by atoms with Crippen LogP contribution in [0.25, 0.3) is 42.8 Å². The molecule has 5 aromatic rings. The summed E-state index contributed by atoms with van der Waals surface area (Å²) in [4.78, 5) is 48.1. The maximum Gasteiger partial charge on any atom is 0.348 e. The summed E-state index contributed by atoms with van der Waals surface area (Å²) in [7, 11) is 0. The van der Waals surface area contributed by atoms with Gasteiger partial charge in [-0.1, -0.05) is 18.2 Å². The highest BCUT2D eigenvalue weighted by molar-refractivity contribution is 7.21. The number of thiophene rings is 2. The summed E-state index contributed by atoms with van der Waals surface area (Å²) in [5.74, 6) is -1.27. The minimum absolute atomic E-state index is 0.219. The van der Waals surface area contributed by atoms with Gasteiger partial charge in [-0.3, -0.25) is 4.98 Å². The summed E-state index contributed by atoms with van der Waals surface area (Å²) in [6, 6.07) is 14.4. The van der Waals surface area contributed by atoms with Gasteiger partial charge in [0, 0.05) is 16.5 Å². The number of pyridine rings is 2. The number of nitrogens with zero attached hydrogens (tertiary/aromatic N) is 2. The summed E-state index contributed by atoms with van der Waals surface area (Å²) in [6.45, 7) is 6.05. The molecule has 0 fully saturated rings. The maximum atomic E-state index is 12.9. The molecule has 0 aliphatic rings. The van der Waals surface area contributed by atoms with Gasteiger partial charge < -0.3 is 14.2 Å². The average molecular weight is 561 g/mol. The number of hydrogen-bond donors (Lipinski definition) is 0. The molecular formula is C29H24N2O6S2. The average Bonchev–Trinajstić information content (AvgIpc) is 3.58. The van der Waals surface area contributed by atoms with Crippen molar-refractivity contribution in [3.05, 3.63) is 70.0 Å². The van der Waals surface area contributed by atoms with Gasteiger partial charge in [0.05, 0.1) is 41.5 Å². The van der Waals surface area contributed by atoms with Crippen LogP contribution in [0.15, 0.2) is 54.7 Å². The van der Waals surface area contributed by atoms with E-state index in [0.717, 1.165) is 25.7 Å². The van der Waals surface area contributed by atoms with Crippen molar-refractivity contribution in [1.29, 1.82) is 0 Å². The van der Waals surface area contributed by atoms with Crippen molar-refractivity contribution in [1.82, 2.24) is 9.97 Å². The van der Waals surface area contributed by atoms with Crippen LogP contribution in [0, 0.1) is 0 Å². The molecular weight excluding hydrogens is 536 g/mol. The highest BCUT2D eigenvalue weighted by atomic mass is 32.1. The molecule has 0 bridgehead atoms. The van der Waals surface area contributed by atoms with Crippen molar-refractivity contribution >= 4 is 60.8 Å². The number of hydrogen-bond acceptors (Lipinski definition) is 10. The molecule has 0 N–H and O–H groups in total. The number of carbonyl (C=O) groups excluding carboxylic acids is 3. The van der Waals surface area contributed by atoms with Crippen molar-refractivity contribution in [2.45, 2.75) is 20.8 Å². The maximum absolute atomic E-state index is 12.9. The zero-order chi connectivity index (χ0) is 27.5. The molecule has 0 radical (unpaired) electrons. The van der Waals surface area contributed by atoms with Gasteiger partial charge in [0.1, 0.15) is 15.4 Å². The van der Waals surface area contributed by atoms with Crippen LogP contribution < -0.4 is 0 Å². The van der Waals surface area contributed by atoms with Gasteiger partial charge in [-0.2, -0.15) is 0 Å². The first-order chi connectivity index (χ1) is 18.9. The van der Waals surface area contributed by atoms with Crippen LogP contribution in [0.4, 0.5) is 0 Å². The van der Waals surface area contributed by atoms with Crippen molar-refractivity contribution in [2.75, 3.05) is 19.8 Å². The molecule has 0 spiro atoms. The molecule has 5 rings (SSSR count). The third-order valence-electron chi connectivity index (χ3n) is 5.79. The van der Waals surface area contributed by atoms with E-state index in [-0.39, 0.29) is 25.8 Å². The third kappa shape index (κ3) is 5.25. The Hall–Kier alpha value is -4.15. The molecule has 0 atom stereocenters. The Morgan fingerprint density at radius 1 is 0.718 bits per heavy atom. The van der Waals surface area contributed by atoms with Crippen LogP contribution in [0.5, 0.6) is 0 Å². The molecule has 198 valence electrons. The number of benzene rings is 1. The number of fused-ring (bicyclic) bond motifs is 2. The van der Waals surface area contributed by atoms with E-state index < -0.39 is 11.9 Å². The molecule has 4 heterocycles. The van der Waals surface area contributed by atoms with Gasteiger partial charge in [0.25, 0.3) is 0 Å². The Morgan fingerprint density at radius 3 is 1.97 bits per heavy atom. The monoisotopic (exact) mass is 560 g/mol. The van der Waals surface area contributed by atoms with Gasteiger partial charge in [-0.25, -0.2) is 19.4 Å².